The molecule has 1 aliphatic rings. The van der Waals surface area contributed by atoms with Crippen LogP contribution in [0.1, 0.15) is 19.3 Å². The molecule has 1 saturated carbocycles. The summed E-state index contributed by atoms with van der Waals surface area (Å²) >= 11 is 0. The molecular weight excluding hydrogens is 174 g/mol. The number of carboxylic acid groups (broad SMARTS) is 2. The Morgan fingerprint density at radius 2 is 1.92 bits per heavy atom. The normalized spacial score (nSPS) is 33.2. The minimum Gasteiger partial charge on any atom is -0.481 e. The molecule has 13 heavy (non-hydrogen) atoms. The molecule has 0 aromatic rings. The van der Waals surface area contributed by atoms with Crippen molar-refractivity contribution in [3.05, 3.63) is 0 Å². The molecular formula is C8H13NO4. The fourth-order valence-electron chi connectivity index (χ4n) is 1.95. The standard InChI is InChI=1S/C8H13NO4/c9-5-2-1-4(3-6(10)11)7(5)8(12)13/h4-5,7H,1-3,9H2,(H,10,11)(H,12,13)/t4-,5-,7+/m0/s1. The van der Waals surface area contributed by atoms with Gasteiger partial charge in [0.1, 0.15) is 0 Å². The number of hydrogen-bond donors (Lipinski definition) is 3. The van der Waals surface area contributed by atoms with E-state index in [4.69, 9.17) is 15.9 Å². The maximum absolute atomic E-state index is 10.7. The Hall–Kier alpha value is -1.10. The summed E-state index contributed by atoms with van der Waals surface area (Å²) in [5.74, 6) is -2.91. The molecule has 0 aromatic carbocycles. The van der Waals surface area contributed by atoms with Gasteiger partial charge in [0.15, 0.2) is 0 Å². The monoisotopic (exact) mass is 187 g/mol. The van der Waals surface area contributed by atoms with Crippen molar-refractivity contribution in [1.82, 2.24) is 0 Å². The Balaban J connectivity index is 2.64. The molecule has 0 bridgehead atoms. The van der Waals surface area contributed by atoms with Crippen LogP contribution in [-0.2, 0) is 9.59 Å². The molecule has 0 radical (unpaired) electrons. The highest BCUT2D eigenvalue weighted by Gasteiger charge is 2.39. The number of carbonyl (C=O) groups is 2. The summed E-state index contributed by atoms with van der Waals surface area (Å²) in [4.78, 5) is 21.1. The molecule has 1 fully saturated rings. The molecule has 74 valence electrons. The molecule has 0 amide bonds. The largest absolute Gasteiger partial charge is 0.481 e. The number of carboxylic acids is 2. The number of aliphatic carboxylic acids is 2. The van der Waals surface area contributed by atoms with Gasteiger partial charge in [0.25, 0.3) is 0 Å². The van der Waals surface area contributed by atoms with Crippen molar-refractivity contribution in [3.8, 4) is 0 Å². The third-order valence-electron chi connectivity index (χ3n) is 2.56. The Bertz CT molecular complexity index is 228. The van der Waals surface area contributed by atoms with Gasteiger partial charge in [0.2, 0.25) is 0 Å². The van der Waals surface area contributed by atoms with Crippen LogP contribution in [0.15, 0.2) is 0 Å². The van der Waals surface area contributed by atoms with Gasteiger partial charge in [0, 0.05) is 12.5 Å². The predicted octanol–water partition coefficient (Wildman–Crippen LogP) is -0.101. The van der Waals surface area contributed by atoms with E-state index in [-0.39, 0.29) is 18.4 Å². The summed E-state index contributed by atoms with van der Waals surface area (Å²) in [5.41, 5.74) is 5.57. The molecule has 4 N–H and O–H groups in total. The van der Waals surface area contributed by atoms with E-state index >= 15 is 0 Å². The third kappa shape index (κ3) is 2.18. The molecule has 5 nitrogen and oxygen atoms in total. The maximum Gasteiger partial charge on any atom is 0.308 e. The lowest BCUT2D eigenvalue weighted by molar-refractivity contribution is -0.144. The van der Waals surface area contributed by atoms with E-state index in [0.29, 0.717) is 12.8 Å². The number of nitrogens with two attached hydrogens (primary N) is 1. The molecule has 3 atom stereocenters. The van der Waals surface area contributed by atoms with Gasteiger partial charge in [0.05, 0.1) is 5.92 Å². The van der Waals surface area contributed by atoms with E-state index in [1.165, 1.54) is 0 Å². The van der Waals surface area contributed by atoms with Crippen LogP contribution in [0.3, 0.4) is 0 Å². The average Bonchev–Trinajstić information content (AvgIpc) is 2.30. The van der Waals surface area contributed by atoms with E-state index in [9.17, 15) is 9.59 Å². The lowest BCUT2D eigenvalue weighted by Crippen LogP contribution is -2.34. The van der Waals surface area contributed by atoms with Crippen LogP contribution in [-0.4, -0.2) is 28.2 Å². The first-order chi connectivity index (χ1) is 6.02. The summed E-state index contributed by atoms with van der Waals surface area (Å²) in [5, 5.41) is 17.3. The van der Waals surface area contributed by atoms with Crippen LogP contribution in [0, 0.1) is 11.8 Å². The van der Waals surface area contributed by atoms with Crippen LogP contribution in [0.5, 0.6) is 0 Å². The molecule has 0 unspecified atom stereocenters. The highest BCUT2D eigenvalue weighted by Crippen LogP contribution is 2.33. The van der Waals surface area contributed by atoms with Crippen molar-refractivity contribution in [2.45, 2.75) is 25.3 Å². The molecule has 1 aliphatic carbocycles. The Kier molecular flexibility index (Phi) is 2.87. The third-order valence-corrected chi connectivity index (χ3v) is 2.56. The van der Waals surface area contributed by atoms with Gasteiger partial charge in [-0.15, -0.1) is 0 Å². The summed E-state index contributed by atoms with van der Waals surface area (Å²) in [6.45, 7) is 0. The molecule has 0 heterocycles. The van der Waals surface area contributed by atoms with Crippen molar-refractivity contribution in [1.29, 1.82) is 0 Å². The van der Waals surface area contributed by atoms with E-state index in [0.717, 1.165) is 0 Å². The number of rotatable bonds is 3. The maximum atomic E-state index is 10.7. The second-order valence-electron chi connectivity index (χ2n) is 3.46. The van der Waals surface area contributed by atoms with Crippen LogP contribution in [0.4, 0.5) is 0 Å². The summed E-state index contributed by atoms with van der Waals surface area (Å²) in [6, 6.07) is -0.387. The fraction of sp³-hybridized carbons (Fsp3) is 0.750. The van der Waals surface area contributed by atoms with Crippen molar-refractivity contribution < 1.29 is 19.8 Å². The van der Waals surface area contributed by atoms with Crippen molar-refractivity contribution in [2.75, 3.05) is 0 Å². The van der Waals surface area contributed by atoms with Gasteiger partial charge in [-0.25, -0.2) is 0 Å². The molecule has 1 rings (SSSR count). The highest BCUT2D eigenvalue weighted by atomic mass is 16.4. The SMILES string of the molecule is N[C@H]1CC[C@@H](CC(=O)O)[C@H]1C(=O)O. The quantitative estimate of drug-likeness (QED) is 0.572. The minimum atomic E-state index is -0.976. The molecule has 0 spiro atoms. The van der Waals surface area contributed by atoms with Crippen molar-refractivity contribution in [2.24, 2.45) is 17.6 Å². The van der Waals surface area contributed by atoms with Crippen LogP contribution < -0.4 is 5.73 Å². The Morgan fingerprint density at radius 1 is 1.31 bits per heavy atom. The van der Waals surface area contributed by atoms with E-state index in [1.54, 1.807) is 0 Å². The van der Waals surface area contributed by atoms with Crippen LogP contribution in [0.2, 0.25) is 0 Å². The van der Waals surface area contributed by atoms with Gasteiger partial charge < -0.3 is 15.9 Å². The summed E-state index contributed by atoms with van der Waals surface area (Å²) in [7, 11) is 0. The van der Waals surface area contributed by atoms with Gasteiger partial charge >= 0.3 is 11.9 Å². The fourth-order valence-corrected chi connectivity index (χ4v) is 1.95. The topological polar surface area (TPSA) is 101 Å². The Labute approximate surface area is 75.5 Å². The first-order valence-electron chi connectivity index (χ1n) is 4.22. The molecule has 0 aliphatic heterocycles. The van der Waals surface area contributed by atoms with Gasteiger partial charge in [-0.3, -0.25) is 9.59 Å². The summed E-state index contributed by atoms with van der Waals surface area (Å²) < 4.78 is 0. The van der Waals surface area contributed by atoms with Crippen molar-refractivity contribution >= 4 is 11.9 Å². The second-order valence-corrected chi connectivity index (χ2v) is 3.46. The van der Waals surface area contributed by atoms with Crippen LogP contribution >= 0.6 is 0 Å². The van der Waals surface area contributed by atoms with E-state index in [2.05, 4.69) is 0 Å². The lowest BCUT2D eigenvalue weighted by Gasteiger charge is -2.16. The molecule has 0 aromatic heterocycles. The van der Waals surface area contributed by atoms with E-state index in [1.807, 2.05) is 0 Å². The van der Waals surface area contributed by atoms with E-state index < -0.39 is 17.9 Å². The summed E-state index contributed by atoms with van der Waals surface area (Å²) in [6.07, 6.45) is 1.12. The smallest absolute Gasteiger partial charge is 0.308 e. The Morgan fingerprint density at radius 3 is 2.38 bits per heavy atom. The zero-order valence-electron chi connectivity index (χ0n) is 7.14. The average molecular weight is 187 g/mol. The first-order valence-corrected chi connectivity index (χ1v) is 4.22. The van der Waals surface area contributed by atoms with Crippen LogP contribution in [0.25, 0.3) is 0 Å². The second kappa shape index (κ2) is 3.74. The van der Waals surface area contributed by atoms with Crippen molar-refractivity contribution in [3.63, 3.8) is 0 Å². The molecule has 5 heteroatoms. The zero-order valence-corrected chi connectivity index (χ0v) is 7.14. The van der Waals surface area contributed by atoms with Gasteiger partial charge in [-0.1, -0.05) is 0 Å². The van der Waals surface area contributed by atoms with Gasteiger partial charge in [-0.05, 0) is 18.8 Å². The lowest BCUT2D eigenvalue weighted by atomic mass is 9.91. The first kappa shape index (κ1) is 9.98. The van der Waals surface area contributed by atoms with Gasteiger partial charge in [-0.2, -0.15) is 0 Å². The molecule has 0 saturated heterocycles. The minimum absolute atomic E-state index is 0.0926. The highest BCUT2D eigenvalue weighted by molar-refractivity contribution is 5.74. The number of hydrogen-bond acceptors (Lipinski definition) is 3. The zero-order chi connectivity index (χ0) is 10.0. The predicted molar refractivity (Wildman–Crippen MR) is 44.1 cm³/mol.